The van der Waals surface area contributed by atoms with Crippen molar-refractivity contribution in [3.05, 3.63) is 0 Å². The molecule has 0 amide bonds. The van der Waals surface area contributed by atoms with Gasteiger partial charge in [0.25, 0.3) is 0 Å². The van der Waals surface area contributed by atoms with E-state index in [1.54, 1.807) is 0 Å². The number of ketones is 1. The van der Waals surface area contributed by atoms with Crippen molar-refractivity contribution in [3.63, 3.8) is 0 Å². The number of Topliss-reactive ketones (excluding diaryl/α,β-unsaturated/α-hetero) is 1. The van der Waals surface area contributed by atoms with Gasteiger partial charge in [0.1, 0.15) is 11.9 Å². The summed E-state index contributed by atoms with van der Waals surface area (Å²) in [5, 5.41) is 0. The standard InChI is InChI=1S/C25H40O3/c1-16(2)5-10-23(27)28-18-11-13-24(3)17(15-18)6-7-19-20-8-9-22(26)25(20,4)14-12-21(19)24/h16-21H,5-15H2,1-4H3. The first-order chi connectivity index (χ1) is 13.2. The lowest BCUT2D eigenvalue weighted by Crippen LogP contribution is -2.54. The van der Waals surface area contributed by atoms with E-state index < -0.39 is 0 Å². The summed E-state index contributed by atoms with van der Waals surface area (Å²) in [6, 6.07) is 0. The summed E-state index contributed by atoms with van der Waals surface area (Å²) >= 11 is 0. The predicted molar refractivity (Wildman–Crippen MR) is 111 cm³/mol. The van der Waals surface area contributed by atoms with E-state index in [1.165, 1.54) is 25.7 Å². The highest BCUT2D eigenvalue weighted by molar-refractivity contribution is 5.87. The highest BCUT2D eigenvalue weighted by atomic mass is 16.5. The summed E-state index contributed by atoms with van der Waals surface area (Å²) < 4.78 is 5.89. The molecule has 4 rings (SSSR count). The molecule has 0 aliphatic heterocycles. The number of esters is 1. The Hall–Kier alpha value is -0.860. The van der Waals surface area contributed by atoms with E-state index in [2.05, 4.69) is 27.7 Å². The summed E-state index contributed by atoms with van der Waals surface area (Å²) in [7, 11) is 0. The van der Waals surface area contributed by atoms with Crippen LogP contribution in [-0.2, 0) is 14.3 Å². The van der Waals surface area contributed by atoms with Crippen LogP contribution < -0.4 is 0 Å². The lowest BCUT2D eigenvalue weighted by atomic mass is 9.45. The largest absolute Gasteiger partial charge is 0.462 e. The van der Waals surface area contributed by atoms with Gasteiger partial charge in [-0.25, -0.2) is 0 Å². The third-order valence-corrected chi connectivity index (χ3v) is 9.55. The summed E-state index contributed by atoms with van der Waals surface area (Å²) in [6.07, 6.45) is 11.7. The number of rotatable bonds is 4. The molecule has 0 spiro atoms. The first-order valence-corrected chi connectivity index (χ1v) is 12.0. The summed E-state index contributed by atoms with van der Waals surface area (Å²) in [5.74, 6) is 3.94. The zero-order chi connectivity index (χ0) is 20.1. The van der Waals surface area contributed by atoms with Crippen molar-refractivity contribution >= 4 is 11.8 Å². The van der Waals surface area contributed by atoms with Crippen molar-refractivity contribution in [2.75, 3.05) is 0 Å². The first-order valence-electron chi connectivity index (χ1n) is 12.0. The van der Waals surface area contributed by atoms with Crippen molar-refractivity contribution < 1.29 is 14.3 Å². The molecule has 0 saturated heterocycles. The molecule has 4 saturated carbocycles. The number of hydrogen-bond donors (Lipinski definition) is 0. The molecule has 7 unspecified atom stereocenters. The van der Waals surface area contributed by atoms with Gasteiger partial charge in [0.2, 0.25) is 0 Å². The summed E-state index contributed by atoms with van der Waals surface area (Å²) in [4.78, 5) is 24.8. The van der Waals surface area contributed by atoms with E-state index in [0.717, 1.165) is 50.4 Å². The maximum Gasteiger partial charge on any atom is 0.306 e. The van der Waals surface area contributed by atoms with Gasteiger partial charge in [-0.15, -0.1) is 0 Å². The number of carbonyl (C=O) groups is 2. The monoisotopic (exact) mass is 388 g/mol. The fourth-order valence-corrected chi connectivity index (χ4v) is 7.75. The van der Waals surface area contributed by atoms with Gasteiger partial charge in [-0.1, -0.05) is 27.7 Å². The fraction of sp³-hybridized carbons (Fsp3) is 0.920. The molecule has 0 radical (unpaired) electrons. The smallest absolute Gasteiger partial charge is 0.306 e. The van der Waals surface area contributed by atoms with Gasteiger partial charge in [0, 0.05) is 18.3 Å². The molecule has 3 nitrogen and oxygen atoms in total. The normalized spacial score (nSPS) is 45.3. The van der Waals surface area contributed by atoms with Crippen LogP contribution in [0, 0.1) is 40.4 Å². The molecule has 0 heterocycles. The Morgan fingerprint density at radius 1 is 1.07 bits per heavy atom. The van der Waals surface area contributed by atoms with Crippen LogP contribution >= 0.6 is 0 Å². The van der Waals surface area contributed by atoms with E-state index in [-0.39, 0.29) is 17.5 Å². The fourth-order valence-electron chi connectivity index (χ4n) is 7.75. The maximum absolute atomic E-state index is 12.6. The number of ether oxygens (including phenoxy) is 1. The topological polar surface area (TPSA) is 43.4 Å². The van der Waals surface area contributed by atoms with E-state index in [9.17, 15) is 9.59 Å². The second-order valence-corrected chi connectivity index (χ2v) is 11.4. The molecule has 4 fully saturated rings. The number of hydrogen-bond acceptors (Lipinski definition) is 3. The van der Waals surface area contributed by atoms with Crippen LogP contribution in [0.4, 0.5) is 0 Å². The maximum atomic E-state index is 12.6. The third kappa shape index (κ3) is 3.35. The van der Waals surface area contributed by atoms with Crippen molar-refractivity contribution in [2.24, 2.45) is 40.4 Å². The Bertz CT molecular complexity index is 625. The SMILES string of the molecule is CC(C)CCC(=O)OC1CCC2(C)C(CCC3C4CCC(=O)C4(C)CCC32)C1. The van der Waals surface area contributed by atoms with Gasteiger partial charge in [-0.05, 0) is 92.8 Å². The zero-order valence-electron chi connectivity index (χ0n) is 18.5. The van der Waals surface area contributed by atoms with E-state index >= 15 is 0 Å². The van der Waals surface area contributed by atoms with Crippen molar-refractivity contribution in [2.45, 2.75) is 104 Å². The summed E-state index contributed by atoms with van der Waals surface area (Å²) in [6.45, 7) is 9.12. The molecule has 0 aromatic rings. The Labute approximate surface area is 171 Å². The molecule has 28 heavy (non-hydrogen) atoms. The molecule has 0 aromatic heterocycles. The van der Waals surface area contributed by atoms with Crippen LogP contribution in [-0.4, -0.2) is 17.9 Å². The van der Waals surface area contributed by atoms with Crippen LogP contribution in [0.2, 0.25) is 0 Å². The minimum Gasteiger partial charge on any atom is -0.462 e. The highest BCUT2D eigenvalue weighted by Crippen LogP contribution is 2.65. The quantitative estimate of drug-likeness (QED) is 0.559. The van der Waals surface area contributed by atoms with Crippen LogP contribution in [0.3, 0.4) is 0 Å². The molecule has 0 aromatic carbocycles. The molecule has 0 N–H and O–H groups in total. The Morgan fingerprint density at radius 3 is 2.61 bits per heavy atom. The second-order valence-electron chi connectivity index (χ2n) is 11.4. The Morgan fingerprint density at radius 2 is 1.86 bits per heavy atom. The molecular formula is C25H40O3. The number of carbonyl (C=O) groups excluding carboxylic acids is 2. The van der Waals surface area contributed by atoms with Gasteiger partial charge in [-0.3, -0.25) is 9.59 Å². The third-order valence-electron chi connectivity index (χ3n) is 9.55. The molecular weight excluding hydrogens is 348 g/mol. The van der Waals surface area contributed by atoms with E-state index in [4.69, 9.17) is 4.74 Å². The molecule has 158 valence electrons. The average molecular weight is 389 g/mol. The van der Waals surface area contributed by atoms with Gasteiger partial charge in [0.15, 0.2) is 0 Å². The predicted octanol–water partition coefficient (Wildman–Crippen LogP) is 5.95. The lowest BCUT2D eigenvalue weighted by molar-refractivity contribution is -0.162. The molecule has 4 aliphatic carbocycles. The van der Waals surface area contributed by atoms with Crippen molar-refractivity contribution in [3.8, 4) is 0 Å². The molecule has 7 atom stereocenters. The molecule has 4 aliphatic rings. The zero-order valence-corrected chi connectivity index (χ0v) is 18.5. The first kappa shape index (κ1) is 20.4. The van der Waals surface area contributed by atoms with E-state index in [0.29, 0.717) is 35.4 Å². The van der Waals surface area contributed by atoms with Gasteiger partial charge in [-0.2, -0.15) is 0 Å². The van der Waals surface area contributed by atoms with E-state index in [1.807, 2.05) is 0 Å². The van der Waals surface area contributed by atoms with Gasteiger partial charge >= 0.3 is 5.97 Å². The minimum absolute atomic E-state index is 0.00823. The summed E-state index contributed by atoms with van der Waals surface area (Å²) in [5.41, 5.74) is 0.365. The van der Waals surface area contributed by atoms with Crippen molar-refractivity contribution in [1.82, 2.24) is 0 Å². The van der Waals surface area contributed by atoms with Crippen LogP contribution in [0.1, 0.15) is 98.3 Å². The highest BCUT2D eigenvalue weighted by Gasteiger charge is 2.60. The van der Waals surface area contributed by atoms with Crippen LogP contribution in [0.25, 0.3) is 0 Å². The minimum atomic E-state index is -0.0203. The molecule has 0 bridgehead atoms. The van der Waals surface area contributed by atoms with Crippen molar-refractivity contribution in [1.29, 1.82) is 0 Å². The second kappa shape index (κ2) is 7.43. The Kier molecular flexibility index (Phi) is 5.42. The molecule has 3 heteroatoms. The van der Waals surface area contributed by atoms with Gasteiger partial charge in [0.05, 0.1) is 0 Å². The number of fused-ring (bicyclic) bond motifs is 5. The van der Waals surface area contributed by atoms with Crippen LogP contribution in [0.15, 0.2) is 0 Å². The average Bonchev–Trinajstić information content (AvgIpc) is 2.95. The van der Waals surface area contributed by atoms with Crippen LogP contribution in [0.5, 0.6) is 0 Å². The Balaban J connectivity index is 1.41. The lowest BCUT2D eigenvalue weighted by Gasteiger charge is -2.60. The van der Waals surface area contributed by atoms with Gasteiger partial charge < -0.3 is 4.74 Å².